The number of rotatable bonds is 46. The smallest absolute Gasteiger partial charge is 0.306 e. The molecule has 0 heterocycles. The lowest BCUT2D eigenvalue weighted by molar-refractivity contribution is -0.151. The van der Waals surface area contributed by atoms with Crippen LogP contribution in [0.5, 0.6) is 0 Å². The van der Waals surface area contributed by atoms with Crippen LogP contribution in [0.3, 0.4) is 0 Å². The van der Waals surface area contributed by atoms with Crippen molar-refractivity contribution in [3.8, 4) is 0 Å². The van der Waals surface area contributed by atoms with Crippen molar-refractivity contribution < 1.29 is 24.5 Å². The van der Waals surface area contributed by atoms with Crippen molar-refractivity contribution in [3.05, 3.63) is 60.8 Å². The number of carbonyl (C=O) groups is 2. The van der Waals surface area contributed by atoms with Gasteiger partial charge < -0.3 is 20.3 Å². The van der Waals surface area contributed by atoms with Crippen molar-refractivity contribution in [2.75, 3.05) is 6.61 Å². The molecule has 0 rings (SSSR count). The van der Waals surface area contributed by atoms with E-state index < -0.39 is 18.2 Å². The van der Waals surface area contributed by atoms with E-state index in [0.717, 1.165) is 96.3 Å². The van der Waals surface area contributed by atoms with E-state index in [9.17, 15) is 19.8 Å². The maximum atomic E-state index is 13.2. The summed E-state index contributed by atoms with van der Waals surface area (Å²) in [5.41, 5.74) is 0. The minimum absolute atomic E-state index is 0.0533. The molecule has 0 aliphatic rings. The van der Waals surface area contributed by atoms with Crippen molar-refractivity contribution in [2.45, 2.75) is 270 Å². The summed E-state index contributed by atoms with van der Waals surface area (Å²) in [5.74, 6) is -0.513. The van der Waals surface area contributed by atoms with Crippen LogP contribution in [0.15, 0.2) is 60.8 Å². The van der Waals surface area contributed by atoms with E-state index in [2.05, 4.69) is 86.8 Å². The molecule has 0 aliphatic carbocycles. The minimum Gasteiger partial charge on any atom is -0.462 e. The van der Waals surface area contributed by atoms with Gasteiger partial charge in [-0.15, -0.1) is 0 Å². The summed E-state index contributed by atoms with van der Waals surface area (Å²) >= 11 is 0. The Labute approximate surface area is 378 Å². The number of aliphatic hydroxyl groups excluding tert-OH is 2. The highest BCUT2D eigenvalue weighted by atomic mass is 16.5. The summed E-state index contributed by atoms with van der Waals surface area (Å²) in [6.45, 7) is 6.35. The van der Waals surface area contributed by atoms with Gasteiger partial charge in [-0.2, -0.15) is 0 Å². The second-order valence-corrected chi connectivity index (χ2v) is 17.6. The number of hydrogen-bond acceptors (Lipinski definition) is 5. The van der Waals surface area contributed by atoms with E-state index in [1.165, 1.54) is 109 Å². The van der Waals surface area contributed by atoms with Gasteiger partial charge in [0, 0.05) is 6.42 Å². The van der Waals surface area contributed by atoms with Gasteiger partial charge in [0.05, 0.1) is 25.2 Å². The number of unbranched alkanes of at least 4 members (excludes halogenated alkanes) is 25. The van der Waals surface area contributed by atoms with Gasteiger partial charge in [0.15, 0.2) is 0 Å². The Bertz CT molecular complexity index is 1090. The molecule has 61 heavy (non-hydrogen) atoms. The summed E-state index contributed by atoms with van der Waals surface area (Å²) in [6.07, 6.45) is 59.9. The summed E-state index contributed by atoms with van der Waals surface area (Å²) < 4.78 is 5.92. The predicted octanol–water partition coefficient (Wildman–Crippen LogP) is 15.6. The van der Waals surface area contributed by atoms with Crippen LogP contribution in [0, 0.1) is 0 Å². The molecule has 0 spiro atoms. The third-order valence-electron chi connectivity index (χ3n) is 11.6. The Balaban J connectivity index is 4.66. The minimum atomic E-state index is -0.797. The van der Waals surface area contributed by atoms with Gasteiger partial charge in [-0.1, -0.05) is 216 Å². The molecule has 3 atom stereocenters. The number of amides is 1. The zero-order valence-electron chi connectivity index (χ0n) is 40.3. The Morgan fingerprint density at radius 3 is 1.46 bits per heavy atom. The van der Waals surface area contributed by atoms with Gasteiger partial charge >= 0.3 is 5.97 Å². The van der Waals surface area contributed by atoms with Crippen LogP contribution in [-0.2, 0) is 14.3 Å². The van der Waals surface area contributed by atoms with Crippen molar-refractivity contribution >= 4 is 11.9 Å². The van der Waals surface area contributed by atoms with Gasteiger partial charge in [0.2, 0.25) is 5.91 Å². The Morgan fingerprint density at radius 1 is 0.508 bits per heavy atom. The molecule has 354 valence electrons. The van der Waals surface area contributed by atoms with Crippen molar-refractivity contribution in [1.29, 1.82) is 0 Å². The molecule has 6 nitrogen and oxygen atoms in total. The first-order chi connectivity index (χ1) is 30.0. The lowest BCUT2D eigenvalue weighted by Crippen LogP contribution is -2.46. The Hall–Kier alpha value is -2.44. The van der Waals surface area contributed by atoms with E-state index in [0.29, 0.717) is 19.3 Å². The molecule has 0 saturated heterocycles. The molecule has 3 unspecified atom stereocenters. The molecular formula is C55H99NO5. The fourth-order valence-corrected chi connectivity index (χ4v) is 7.67. The molecule has 0 radical (unpaired) electrons. The fraction of sp³-hybridized carbons (Fsp3) is 0.782. The van der Waals surface area contributed by atoms with E-state index in [-0.39, 0.29) is 24.9 Å². The molecule has 0 aliphatic heterocycles. The van der Waals surface area contributed by atoms with Gasteiger partial charge in [0.1, 0.15) is 6.10 Å². The topological polar surface area (TPSA) is 95.9 Å². The first-order valence-electron chi connectivity index (χ1n) is 26.0. The third-order valence-corrected chi connectivity index (χ3v) is 11.6. The van der Waals surface area contributed by atoms with Crippen LogP contribution >= 0.6 is 0 Å². The van der Waals surface area contributed by atoms with Crippen LogP contribution < -0.4 is 5.32 Å². The third kappa shape index (κ3) is 44.0. The number of esters is 1. The Kier molecular flexibility index (Phi) is 46.6. The van der Waals surface area contributed by atoms with Crippen molar-refractivity contribution in [1.82, 2.24) is 5.32 Å². The average molecular weight is 854 g/mol. The van der Waals surface area contributed by atoms with Crippen LogP contribution in [0.1, 0.15) is 252 Å². The number of aliphatic hydroxyl groups is 2. The quantitative estimate of drug-likeness (QED) is 0.0245. The van der Waals surface area contributed by atoms with Crippen molar-refractivity contribution in [3.63, 3.8) is 0 Å². The molecule has 0 bridgehead atoms. The lowest BCUT2D eigenvalue weighted by Gasteiger charge is -2.24. The molecule has 3 N–H and O–H groups in total. The number of nitrogens with one attached hydrogen (secondary N) is 1. The summed E-state index contributed by atoms with van der Waals surface area (Å²) in [5, 5.41) is 23.7. The summed E-state index contributed by atoms with van der Waals surface area (Å²) in [7, 11) is 0. The van der Waals surface area contributed by atoms with E-state index in [4.69, 9.17) is 4.74 Å². The van der Waals surface area contributed by atoms with Crippen LogP contribution in [0.4, 0.5) is 0 Å². The molecule has 1 amide bonds. The highest BCUT2D eigenvalue weighted by molar-refractivity contribution is 5.77. The van der Waals surface area contributed by atoms with Crippen molar-refractivity contribution in [2.24, 2.45) is 0 Å². The zero-order valence-corrected chi connectivity index (χ0v) is 40.3. The summed E-state index contributed by atoms with van der Waals surface area (Å²) in [6, 6.07) is -0.713. The largest absolute Gasteiger partial charge is 0.462 e. The maximum Gasteiger partial charge on any atom is 0.306 e. The summed E-state index contributed by atoms with van der Waals surface area (Å²) in [4.78, 5) is 26.1. The normalized spacial score (nSPS) is 13.7. The molecule has 0 aromatic rings. The van der Waals surface area contributed by atoms with Crippen LogP contribution in [0.25, 0.3) is 0 Å². The SMILES string of the molecule is CC/C=C/C/C=C/C/C=C/CCCCCCCCC(=O)OC(CCCCC/C=C/C=C/CCCCCCCCC)CC(=O)NC(CO)C(O)CCCCCCCCCCCC. The maximum absolute atomic E-state index is 13.2. The molecule has 0 aromatic carbocycles. The number of allylic oxidation sites excluding steroid dienone is 10. The average Bonchev–Trinajstić information content (AvgIpc) is 3.25. The highest BCUT2D eigenvalue weighted by Crippen LogP contribution is 2.17. The predicted molar refractivity (Wildman–Crippen MR) is 264 cm³/mol. The first kappa shape index (κ1) is 58.6. The fourth-order valence-electron chi connectivity index (χ4n) is 7.67. The Morgan fingerprint density at radius 2 is 0.934 bits per heavy atom. The molecular weight excluding hydrogens is 755 g/mol. The first-order valence-corrected chi connectivity index (χ1v) is 26.0. The molecule has 0 fully saturated rings. The molecule has 6 heteroatoms. The van der Waals surface area contributed by atoms with Crippen LogP contribution in [0.2, 0.25) is 0 Å². The monoisotopic (exact) mass is 854 g/mol. The van der Waals surface area contributed by atoms with Crippen LogP contribution in [-0.4, -0.2) is 46.9 Å². The van der Waals surface area contributed by atoms with E-state index in [1.54, 1.807) is 0 Å². The van der Waals surface area contributed by atoms with Gasteiger partial charge in [-0.3, -0.25) is 9.59 Å². The van der Waals surface area contributed by atoms with E-state index >= 15 is 0 Å². The zero-order chi connectivity index (χ0) is 44.5. The van der Waals surface area contributed by atoms with E-state index in [1.807, 2.05) is 0 Å². The molecule has 0 saturated carbocycles. The number of carbonyl (C=O) groups excluding carboxylic acids is 2. The van der Waals surface area contributed by atoms with Gasteiger partial charge in [-0.25, -0.2) is 0 Å². The molecule has 0 aromatic heterocycles. The van der Waals surface area contributed by atoms with Gasteiger partial charge in [-0.05, 0) is 83.5 Å². The standard InChI is InChI=1S/C55H99NO5/c1-4-7-10-13-16-19-22-24-26-28-30-32-34-37-40-43-46-51(49-54(59)56-52(50-57)53(58)47-44-41-38-35-21-18-15-12-9-6-3)61-55(60)48-45-42-39-36-33-31-29-27-25-23-20-17-14-11-8-5-2/h8,11,17,20,25-28,30,32,51-53,57-58H,4-7,9-10,12-16,18-19,21-24,29,31,33-50H2,1-3H3,(H,56,59)/b11-8+,20-17+,27-25+,28-26+,32-30+. The second kappa shape index (κ2) is 48.6. The highest BCUT2D eigenvalue weighted by Gasteiger charge is 2.24. The van der Waals surface area contributed by atoms with Gasteiger partial charge in [0.25, 0.3) is 0 Å². The lowest BCUT2D eigenvalue weighted by atomic mass is 10.0. The number of hydrogen-bond donors (Lipinski definition) is 3. The number of ether oxygens (including phenoxy) is 1. The second-order valence-electron chi connectivity index (χ2n) is 17.6.